The predicted molar refractivity (Wildman–Crippen MR) is 122 cm³/mol. The number of aryl methyl sites for hydroxylation is 2. The highest BCUT2D eigenvalue weighted by atomic mass is 79.9. The van der Waals surface area contributed by atoms with Crippen LogP contribution in [-0.2, 0) is 6.42 Å². The summed E-state index contributed by atoms with van der Waals surface area (Å²) in [5.41, 5.74) is 4.64. The Morgan fingerprint density at radius 3 is 2.65 bits per heavy atom. The Balaban J connectivity index is 1.77. The van der Waals surface area contributed by atoms with E-state index in [2.05, 4.69) is 43.2 Å². The third kappa shape index (κ3) is 3.23. The van der Waals surface area contributed by atoms with Crippen molar-refractivity contribution in [2.75, 3.05) is 7.11 Å². The Hall–Kier alpha value is -3.39. The molecule has 0 aliphatic carbocycles. The maximum atomic E-state index is 12.9. The Kier molecular flexibility index (Phi) is 4.66. The molecule has 0 unspecified atom stereocenters. The van der Waals surface area contributed by atoms with Gasteiger partial charge in [-0.3, -0.25) is 9.20 Å². The van der Waals surface area contributed by atoms with Gasteiger partial charge in [0.15, 0.2) is 0 Å². The van der Waals surface area contributed by atoms with Gasteiger partial charge < -0.3 is 14.2 Å². The lowest BCUT2D eigenvalue weighted by Crippen LogP contribution is -2.11. The second-order valence-electron chi connectivity index (χ2n) is 7.42. The number of benzene rings is 2. The summed E-state index contributed by atoms with van der Waals surface area (Å²) in [7, 11) is 1.61. The number of halogens is 1. The zero-order valence-electron chi connectivity index (χ0n) is 17.2. The lowest BCUT2D eigenvalue weighted by molar-refractivity contribution is 0.393. The predicted octanol–water partition coefficient (Wildman–Crippen LogP) is 4.81. The number of hydrogen-bond acceptors (Lipinski definition) is 5. The molecule has 2 aromatic carbocycles. The van der Waals surface area contributed by atoms with Gasteiger partial charge in [-0.15, -0.1) is 0 Å². The average molecular weight is 479 g/mol. The summed E-state index contributed by atoms with van der Waals surface area (Å²) >= 11 is 3.47. The molecule has 0 aliphatic heterocycles. The van der Waals surface area contributed by atoms with E-state index >= 15 is 0 Å². The van der Waals surface area contributed by atoms with E-state index in [0.29, 0.717) is 29.0 Å². The maximum absolute atomic E-state index is 12.9. The van der Waals surface area contributed by atoms with Crippen molar-refractivity contribution in [1.29, 1.82) is 0 Å². The molecular formula is C23H19BrN4O3. The summed E-state index contributed by atoms with van der Waals surface area (Å²) in [4.78, 5) is 20.4. The van der Waals surface area contributed by atoms with Crippen LogP contribution in [0.5, 0.6) is 5.75 Å². The van der Waals surface area contributed by atoms with Crippen LogP contribution in [0.4, 0.5) is 0 Å². The summed E-state index contributed by atoms with van der Waals surface area (Å²) in [6.07, 6.45) is 2.31. The molecule has 8 heteroatoms. The number of H-pyrrole nitrogens is 1. The molecular weight excluding hydrogens is 460 g/mol. The van der Waals surface area contributed by atoms with E-state index in [1.54, 1.807) is 13.3 Å². The molecule has 0 saturated heterocycles. The first-order chi connectivity index (χ1) is 15.0. The third-order valence-corrected chi connectivity index (χ3v) is 5.99. The molecule has 0 radical (unpaired) electrons. The first kappa shape index (κ1) is 19.6. The van der Waals surface area contributed by atoms with Crippen molar-refractivity contribution in [3.63, 3.8) is 0 Å². The number of imidazole rings is 1. The molecule has 31 heavy (non-hydrogen) atoms. The summed E-state index contributed by atoms with van der Waals surface area (Å²) in [5, 5.41) is 4.58. The summed E-state index contributed by atoms with van der Waals surface area (Å²) in [6, 6.07) is 11.8. The number of methoxy groups -OCH3 is 1. The van der Waals surface area contributed by atoms with E-state index in [0.717, 1.165) is 38.2 Å². The standard InChI is InChI=1S/C23H19BrN4O3/c1-12-22(13(2)31-27-12)17-9-16-18(10-19(17)30-3)28-20(25-11-21(28)26-23(16)29)8-14-4-6-15(24)7-5-14/h4-7,9-11H,8H2,1-3H3,(H,26,29). The number of hydrogen-bond donors (Lipinski definition) is 1. The molecule has 0 saturated carbocycles. The molecule has 5 rings (SSSR count). The topological polar surface area (TPSA) is 85.4 Å². The van der Waals surface area contributed by atoms with Crippen molar-refractivity contribution in [3.05, 3.63) is 80.3 Å². The molecule has 3 heterocycles. The molecule has 0 fully saturated rings. The summed E-state index contributed by atoms with van der Waals surface area (Å²) in [5.74, 6) is 2.13. The van der Waals surface area contributed by atoms with E-state index in [4.69, 9.17) is 9.26 Å². The monoisotopic (exact) mass is 478 g/mol. The van der Waals surface area contributed by atoms with Gasteiger partial charge in [0.25, 0.3) is 5.56 Å². The van der Waals surface area contributed by atoms with Crippen LogP contribution in [0.1, 0.15) is 22.8 Å². The van der Waals surface area contributed by atoms with Crippen molar-refractivity contribution >= 4 is 32.5 Å². The first-order valence-corrected chi connectivity index (χ1v) is 10.5. The highest BCUT2D eigenvalue weighted by molar-refractivity contribution is 9.10. The number of aromatic amines is 1. The van der Waals surface area contributed by atoms with Gasteiger partial charge in [0.05, 0.1) is 35.5 Å². The molecule has 1 N–H and O–H groups in total. The highest BCUT2D eigenvalue weighted by Crippen LogP contribution is 2.37. The van der Waals surface area contributed by atoms with Gasteiger partial charge in [-0.1, -0.05) is 33.2 Å². The van der Waals surface area contributed by atoms with Crippen LogP contribution in [0, 0.1) is 13.8 Å². The van der Waals surface area contributed by atoms with Gasteiger partial charge >= 0.3 is 0 Å². The van der Waals surface area contributed by atoms with E-state index in [1.807, 2.05) is 42.5 Å². The quantitative estimate of drug-likeness (QED) is 0.400. The zero-order chi connectivity index (χ0) is 21.7. The Morgan fingerprint density at radius 2 is 1.97 bits per heavy atom. The molecule has 7 nitrogen and oxygen atoms in total. The van der Waals surface area contributed by atoms with Gasteiger partial charge in [-0.05, 0) is 37.6 Å². The second kappa shape index (κ2) is 7.39. The minimum Gasteiger partial charge on any atom is -0.496 e. The molecule has 3 aromatic heterocycles. The minimum absolute atomic E-state index is 0.187. The van der Waals surface area contributed by atoms with Crippen molar-refractivity contribution in [3.8, 4) is 16.9 Å². The fraction of sp³-hybridized carbons (Fsp3) is 0.174. The van der Waals surface area contributed by atoms with Gasteiger partial charge in [0.2, 0.25) is 0 Å². The summed E-state index contributed by atoms with van der Waals surface area (Å²) < 4.78 is 14.0. The van der Waals surface area contributed by atoms with Gasteiger partial charge in [0.1, 0.15) is 23.0 Å². The van der Waals surface area contributed by atoms with E-state index < -0.39 is 0 Å². The Labute approximate surface area is 185 Å². The normalized spacial score (nSPS) is 11.5. The number of aromatic nitrogens is 4. The van der Waals surface area contributed by atoms with Gasteiger partial charge in [0, 0.05) is 22.5 Å². The maximum Gasteiger partial charge on any atom is 0.258 e. The molecule has 0 bridgehead atoms. The molecule has 0 spiro atoms. The number of fused-ring (bicyclic) bond motifs is 3. The highest BCUT2D eigenvalue weighted by Gasteiger charge is 2.20. The number of nitrogens with one attached hydrogen (secondary N) is 1. The number of nitrogens with zero attached hydrogens (tertiary/aromatic N) is 3. The average Bonchev–Trinajstić information content (AvgIpc) is 3.31. The number of rotatable bonds is 4. The van der Waals surface area contributed by atoms with Gasteiger partial charge in [-0.25, -0.2) is 4.98 Å². The largest absolute Gasteiger partial charge is 0.496 e. The second-order valence-corrected chi connectivity index (χ2v) is 8.34. The van der Waals surface area contributed by atoms with Crippen LogP contribution < -0.4 is 10.3 Å². The van der Waals surface area contributed by atoms with Gasteiger partial charge in [-0.2, -0.15) is 0 Å². The van der Waals surface area contributed by atoms with E-state index in [-0.39, 0.29) is 5.56 Å². The van der Waals surface area contributed by atoms with Crippen molar-refractivity contribution in [1.82, 2.24) is 19.5 Å². The summed E-state index contributed by atoms with van der Waals surface area (Å²) in [6.45, 7) is 3.72. The van der Waals surface area contributed by atoms with Crippen LogP contribution in [-0.4, -0.2) is 26.6 Å². The van der Waals surface area contributed by atoms with Crippen molar-refractivity contribution in [2.24, 2.45) is 0 Å². The fourth-order valence-electron chi connectivity index (χ4n) is 4.01. The van der Waals surface area contributed by atoms with Crippen LogP contribution in [0.3, 0.4) is 0 Å². The van der Waals surface area contributed by atoms with E-state index in [9.17, 15) is 4.79 Å². The minimum atomic E-state index is -0.187. The third-order valence-electron chi connectivity index (χ3n) is 5.46. The molecule has 0 amide bonds. The van der Waals surface area contributed by atoms with Crippen LogP contribution >= 0.6 is 15.9 Å². The first-order valence-electron chi connectivity index (χ1n) is 9.74. The molecule has 0 atom stereocenters. The number of ether oxygens (including phenoxy) is 1. The molecule has 0 aliphatic rings. The Bertz CT molecular complexity index is 1480. The Morgan fingerprint density at radius 1 is 1.19 bits per heavy atom. The SMILES string of the molecule is COc1cc2c(cc1-c1c(C)noc1C)c(=O)[nH]c1cnc(Cc3ccc(Br)cc3)n12. The lowest BCUT2D eigenvalue weighted by atomic mass is 10.0. The lowest BCUT2D eigenvalue weighted by Gasteiger charge is -2.12. The van der Waals surface area contributed by atoms with Crippen LogP contribution in [0.15, 0.2) is 56.4 Å². The molecule has 5 aromatic rings. The van der Waals surface area contributed by atoms with Crippen LogP contribution in [0.25, 0.3) is 27.7 Å². The fourth-order valence-corrected chi connectivity index (χ4v) is 4.27. The smallest absolute Gasteiger partial charge is 0.258 e. The van der Waals surface area contributed by atoms with E-state index in [1.165, 1.54) is 0 Å². The zero-order valence-corrected chi connectivity index (χ0v) is 18.8. The van der Waals surface area contributed by atoms with Crippen LogP contribution in [0.2, 0.25) is 0 Å². The van der Waals surface area contributed by atoms with Crippen molar-refractivity contribution < 1.29 is 9.26 Å². The molecule has 156 valence electrons. The van der Waals surface area contributed by atoms with Crippen molar-refractivity contribution in [2.45, 2.75) is 20.3 Å².